The third kappa shape index (κ3) is 1.81. The minimum atomic E-state index is 0.196. The molecule has 58 valence electrons. The molecule has 0 aliphatic heterocycles. The zero-order valence-corrected chi connectivity index (χ0v) is 6.42. The van der Waals surface area contributed by atoms with Crippen LogP contribution in [0.1, 0.15) is 5.69 Å². The Morgan fingerprint density at radius 3 is 2.73 bits per heavy atom. The average molecular weight is 171 g/mol. The van der Waals surface area contributed by atoms with Gasteiger partial charge in [0.2, 0.25) is 0 Å². The van der Waals surface area contributed by atoms with Crippen LogP contribution in [0.2, 0.25) is 5.02 Å². The van der Waals surface area contributed by atoms with Crippen molar-refractivity contribution in [3.63, 3.8) is 0 Å². The van der Waals surface area contributed by atoms with Gasteiger partial charge < -0.3 is 11.6 Å². The van der Waals surface area contributed by atoms with Gasteiger partial charge in [-0.15, -0.1) is 0 Å². The molecule has 0 spiro atoms. The Morgan fingerprint density at radius 2 is 2.27 bits per heavy atom. The Morgan fingerprint density at radius 1 is 1.55 bits per heavy atom. The number of nitrogens with zero attached hydrogens (tertiary/aromatic N) is 2. The summed E-state index contributed by atoms with van der Waals surface area (Å²) in [5.74, 6) is 5.13. The van der Waals surface area contributed by atoms with E-state index >= 15 is 0 Å². The molecule has 5 heteroatoms. The van der Waals surface area contributed by atoms with Crippen LogP contribution in [0.15, 0.2) is 23.4 Å². The molecule has 0 radical (unpaired) electrons. The molecule has 1 aromatic rings. The van der Waals surface area contributed by atoms with Gasteiger partial charge in [-0.3, -0.25) is 4.98 Å². The van der Waals surface area contributed by atoms with Crippen molar-refractivity contribution in [2.45, 2.75) is 0 Å². The fourth-order valence-corrected chi connectivity index (χ4v) is 0.705. The Kier molecular flexibility index (Phi) is 2.28. The lowest BCUT2D eigenvalue weighted by Crippen LogP contribution is -2.16. The topological polar surface area (TPSA) is 77.3 Å². The second-order valence-corrected chi connectivity index (χ2v) is 2.31. The van der Waals surface area contributed by atoms with E-state index in [0.29, 0.717) is 10.7 Å². The molecular formula is C6H7ClN4. The highest BCUT2D eigenvalue weighted by molar-refractivity contribution is 6.30. The molecular weight excluding hydrogens is 164 g/mol. The summed E-state index contributed by atoms with van der Waals surface area (Å²) >= 11 is 5.59. The third-order valence-electron chi connectivity index (χ3n) is 1.13. The summed E-state index contributed by atoms with van der Waals surface area (Å²) in [5.41, 5.74) is 5.89. The minimum absolute atomic E-state index is 0.196. The summed E-state index contributed by atoms with van der Waals surface area (Å²) in [4.78, 5) is 3.88. The number of nitrogens with two attached hydrogens (primary N) is 2. The first-order chi connectivity index (χ1) is 5.24. The van der Waals surface area contributed by atoms with Crippen LogP contribution in [0, 0.1) is 0 Å². The first-order valence-electron chi connectivity index (χ1n) is 2.89. The molecule has 0 aliphatic rings. The fourth-order valence-electron chi connectivity index (χ4n) is 0.593. The quantitative estimate of drug-likeness (QED) is 0.276. The van der Waals surface area contributed by atoms with Crippen LogP contribution in [0.4, 0.5) is 0 Å². The predicted molar refractivity (Wildman–Crippen MR) is 44.2 cm³/mol. The van der Waals surface area contributed by atoms with Gasteiger partial charge in [0.05, 0.1) is 5.02 Å². The number of hydrogen-bond donors (Lipinski definition) is 2. The molecule has 0 amide bonds. The van der Waals surface area contributed by atoms with Crippen LogP contribution in [-0.4, -0.2) is 10.8 Å². The van der Waals surface area contributed by atoms with E-state index in [4.69, 9.17) is 23.2 Å². The van der Waals surface area contributed by atoms with Crippen molar-refractivity contribution in [2.24, 2.45) is 16.7 Å². The molecule has 1 heterocycles. The molecule has 11 heavy (non-hydrogen) atoms. The summed E-state index contributed by atoms with van der Waals surface area (Å²) in [5, 5.41) is 3.83. The van der Waals surface area contributed by atoms with Crippen molar-refractivity contribution in [3.8, 4) is 0 Å². The van der Waals surface area contributed by atoms with E-state index in [0.717, 1.165) is 0 Å². The maximum atomic E-state index is 5.59. The van der Waals surface area contributed by atoms with Gasteiger partial charge >= 0.3 is 0 Å². The third-order valence-corrected chi connectivity index (χ3v) is 1.35. The lowest BCUT2D eigenvalue weighted by atomic mass is 10.3. The first kappa shape index (κ1) is 7.81. The van der Waals surface area contributed by atoms with E-state index < -0.39 is 0 Å². The zero-order valence-electron chi connectivity index (χ0n) is 5.66. The number of pyridine rings is 1. The van der Waals surface area contributed by atoms with Crippen LogP contribution in [0.3, 0.4) is 0 Å². The highest BCUT2D eigenvalue weighted by Crippen LogP contribution is 2.05. The van der Waals surface area contributed by atoms with Crippen molar-refractivity contribution < 1.29 is 0 Å². The smallest absolute Gasteiger partial charge is 0.168 e. The highest BCUT2D eigenvalue weighted by atomic mass is 35.5. The van der Waals surface area contributed by atoms with Crippen molar-refractivity contribution in [3.05, 3.63) is 29.0 Å². The van der Waals surface area contributed by atoms with Crippen LogP contribution in [0.25, 0.3) is 0 Å². The molecule has 0 saturated carbocycles. The summed E-state index contributed by atoms with van der Waals surface area (Å²) < 4.78 is 0. The van der Waals surface area contributed by atoms with Gasteiger partial charge in [0, 0.05) is 6.20 Å². The summed E-state index contributed by atoms with van der Waals surface area (Å²) in [7, 11) is 0. The number of halogens is 1. The summed E-state index contributed by atoms with van der Waals surface area (Å²) in [6.45, 7) is 0. The second-order valence-electron chi connectivity index (χ2n) is 1.88. The Bertz CT molecular complexity index is 266. The highest BCUT2D eigenvalue weighted by Gasteiger charge is 1.97. The SMILES string of the molecule is NN=C(N)c1ccc(Cl)cn1. The van der Waals surface area contributed by atoms with E-state index in [2.05, 4.69) is 10.1 Å². The molecule has 1 rings (SSSR count). The monoisotopic (exact) mass is 170 g/mol. The standard InChI is InChI=1S/C6H7ClN4/c7-4-1-2-5(10-3-4)6(8)11-9/h1-3H,9H2,(H2,8,11). The largest absolute Gasteiger partial charge is 0.380 e. The molecule has 0 aromatic carbocycles. The van der Waals surface area contributed by atoms with Crippen molar-refractivity contribution in [2.75, 3.05) is 0 Å². The molecule has 0 bridgehead atoms. The van der Waals surface area contributed by atoms with E-state index in [9.17, 15) is 0 Å². The fraction of sp³-hybridized carbons (Fsp3) is 0. The summed E-state index contributed by atoms with van der Waals surface area (Å²) in [6.07, 6.45) is 1.48. The number of rotatable bonds is 1. The lowest BCUT2D eigenvalue weighted by molar-refractivity contribution is 1.19. The second kappa shape index (κ2) is 3.21. The average Bonchev–Trinajstić information content (AvgIpc) is 2.05. The van der Waals surface area contributed by atoms with Crippen LogP contribution in [0.5, 0.6) is 0 Å². The van der Waals surface area contributed by atoms with Gasteiger partial charge in [-0.25, -0.2) is 0 Å². The zero-order chi connectivity index (χ0) is 8.27. The maximum Gasteiger partial charge on any atom is 0.168 e. The van der Waals surface area contributed by atoms with Gasteiger partial charge in [-0.2, -0.15) is 5.10 Å². The Hall–Kier alpha value is -1.29. The molecule has 4 nitrogen and oxygen atoms in total. The van der Waals surface area contributed by atoms with Crippen LogP contribution >= 0.6 is 11.6 Å². The van der Waals surface area contributed by atoms with E-state index in [1.807, 2.05) is 0 Å². The number of aromatic nitrogens is 1. The normalized spacial score (nSPS) is 11.5. The maximum absolute atomic E-state index is 5.59. The molecule has 0 aliphatic carbocycles. The molecule has 1 aromatic heterocycles. The van der Waals surface area contributed by atoms with Gasteiger partial charge in [0.1, 0.15) is 5.69 Å². The predicted octanol–water partition coefficient (Wildman–Crippen LogP) is 0.314. The molecule has 0 atom stereocenters. The van der Waals surface area contributed by atoms with E-state index in [1.54, 1.807) is 12.1 Å². The first-order valence-corrected chi connectivity index (χ1v) is 3.27. The van der Waals surface area contributed by atoms with Crippen molar-refractivity contribution in [1.29, 1.82) is 0 Å². The van der Waals surface area contributed by atoms with Gasteiger partial charge in [0.15, 0.2) is 5.84 Å². The van der Waals surface area contributed by atoms with E-state index in [1.165, 1.54) is 6.20 Å². The number of amidine groups is 1. The van der Waals surface area contributed by atoms with Crippen LogP contribution in [-0.2, 0) is 0 Å². The molecule has 0 saturated heterocycles. The number of hydrogen-bond acceptors (Lipinski definition) is 3. The van der Waals surface area contributed by atoms with Crippen LogP contribution < -0.4 is 11.6 Å². The van der Waals surface area contributed by atoms with Gasteiger partial charge in [-0.1, -0.05) is 11.6 Å². The number of hydrazone groups is 1. The Balaban J connectivity index is 2.99. The summed E-state index contributed by atoms with van der Waals surface area (Å²) in [6, 6.07) is 3.32. The van der Waals surface area contributed by atoms with Crippen molar-refractivity contribution in [1.82, 2.24) is 4.98 Å². The molecule has 0 unspecified atom stereocenters. The van der Waals surface area contributed by atoms with E-state index in [-0.39, 0.29) is 5.84 Å². The minimum Gasteiger partial charge on any atom is -0.380 e. The lowest BCUT2D eigenvalue weighted by Gasteiger charge is -1.96. The van der Waals surface area contributed by atoms with Crippen molar-refractivity contribution >= 4 is 17.4 Å². The van der Waals surface area contributed by atoms with Gasteiger partial charge in [-0.05, 0) is 12.1 Å². The Labute approximate surface area is 68.9 Å². The molecule has 0 fully saturated rings. The molecule has 4 N–H and O–H groups in total. The van der Waals surface area contributed by atoms with Gasteiger partial charge in [0.25, 0.3) is 0 Å².